The normalized spacial score (nSPS) is 10.6. The molecule has 0 saturated heterocycles. The molecule has 0 aliphatic rings. The zero-order valence-electron chi connectivity index (χ0n) is 17.3. The van der Waals surface area contributed by atoms with Crippen LogP contribution in [0.3, 0.4) is 0 Å². The molecule has 0 bridgehead atoms. The van der Waals surface area contributed by atoms with E-state index in [4.69, 9.17) is 0 Å². The summed E-state index contributed by atoms with van der Waals surface area (Å²) in [7, 11) is 1.79. The molecule has 30 heavy (non-hydrogen) atoms. The Morgan fingerprint density at radius 3 is 2.47 bits per heavy atom. The van der Waals surface area contributed by atoms with E-state index in [1.54, 1.807) is 11.6 Å². The Hall–Kier alpha value is -3.13. The third-order valence-corrected chi connectivity index (χ3v) is 5.60. The Kier molecular flexibility index (Phi) is 7.24. The van der Waals surface area contributed by atoms with Crippen molar-refractivity contribution in [1.82, 2.24) is 14.8 Å². The number of carbonyl (C=O) groups excluding carboxylic acids is 2. The fourth-order valence-corrected chi connectivity index (χ4v) is 3.61. The highest BCUT2D eigenvalue weighted by Crippen LogP contribution is 2.19. The number of hydrogen-bond donors (Lipinski definition) is 2. The monoisotopic (exact) mass is 423 g/mol. The molecule has 0 aliphatic heterocycles. The quantitative estimate of drug-likeness (QED) is 0.541. The molecule has 0 aliphatic carbocycles. The molecule has 2 amide bonds. The number of carbonyl (C=O) groups is 2. The van der Waals surface area contributed by atoms with E-state index in [9.17, 15) is 9.59 Å². The molecule has 8 heteroatoms. The minimum absolute atomic E-state index is 0.105. The lowest BCUT2D eigenvalue weighted by atomic mass is 10.1. The van der Waals surface area contributed by atoms with Gasteiger partial charge in [-0.1, -0.05) is 54.6 Å². The SMILES string of the molecule is CCc1ccccc1NC(=O)CSc1nnc(CC(=O)Nc2ccc(C)cc2)n1C. The molecule has 1 heterocycles. The Bertz CT molecular complexity index is 1030. The maximum absolute atomic E-state index is 12.3. The molecule has 3 rings (SSSR count). The first-order chi connectivity index (χ1) is 14.5. The third-order valence-electron chi connectivity index (χ3n) is 4.58. The van der Waals surface area contributed by atoms with Crippen molar-refractivity contribution in [3.63, 3.8) is 0 Å². The number of nitrogens with one attached hydrogen (secondary N) is 2. The molecule has 0 unspecified atom stereocenters. The molecular formula is C22H25N5O2S. The zero-order chi connectivity index (χ0) is 21.5. The van der Waals surface area contributed by atoms with Gasteiger partial charge in [0.15, 0.2) is 5.16 Å². The standard InChI is InChI=1S/C22H25N5O2S/c1-4-16-7-5-6-8-18(16)24-21(29)14-30-22-26-25-19(27(22)3)13-20(28)23-17-11-9-15(2)10-12-17/h5-12H,4,13-14H2,1-3H3,(H,23,28)(H,24,29). The second-order valence-corrected chi connectivity index (χ2v) is 7.84. The van der Waals surface area contributed by atoms with Gasteiger partial charge in [-0.3, -0.25) is 9.59 Å². The number of thioether (sulfide) groups is 1. The van der Waals surface area contributed by atoms with Crippen LogP contribution < -0.4 is 10.6 Å². The average Bonchev–Trinajstić information content (AvgIpc) is 3.08. The fraction of sp³-hybridized carbons (Fsp3) is 0.273. The highest BCUT2D eigenvalue weighted by molar-refractivity contribution is 7.99. The smallest absolute Gasteiger partial charge is 0.234 e. The summed E-state index contributed by atoms with van der Waals surface area (Å²) in [6, 6.07) is 15.4. The van der Waals surface area contributed by atoms with Gasteiger partial charge < -0.3 is 15.2 Å². The summed E-state index contributed by atoms with van der Waals surface area (Å²) in [5.74, 6) is 0.473. The van der Waals surface area contributed by atoms with E-state index in [1.165, 1.54) is 11.8 Å². The van der Waals surface area contributed by atoms with E-state index < -0.39 is 0 Å². The van der Waals surface area contributed by atoms with Crippen molar-refractivity contribution in [2.45, 2.75) is 31.8 Å². The number of nitrogens with zero attached hydrogens (tertiary/aromatic N) is 3. The lowest BCUT2D eigenvalue weighted by Gasteiger charge is -2.09. The van der Waals surface area contributed by atoms with Crippen LogP contribution in [0.2, 0.25) is 0 Å². The van der Waals surface area contributed by atoms with E-state index in [-0.39, 0.29) is 24.0 Å². The van der Waals surface area contributed by atoms with Crippen molar-refractivity contribution in [3.8, 4) is 0 Å². The van der Waals surface area contributed by atoms with Crippen molar-refractivity contribution >= 4 is 35.0 Å². The highest BCUT2D eigenvalue weighted by atomic mass is 32.2. The largest absolute Gasteiger partial charge is 0.326 e. The van der Waals surface area contributed by atoms with E-state index in [1.807, 2.05) is 55.5 Å². The summed E-state index contributed by atoms with van der Waals surface area (Å²) in [5.41, 5.74) is 3.80. The van der Waals surface area contributed by atoms with Gasteiger partial charge in [0, 0.05) is 18.4 Å². The molecule has 2 aromatic carbocycles. The molecule has 0 radical (unpaired) electrons. The van der Waals surface area contributed by atoms with Gasteiger partial charge in [-0.2, -0.15) is 0 Å². The molecule has 156 valence electrons. The van der Waals surface area contributed by atoms with Crippen LogP contribution in [0, 0.1) is 6.92 Å². The lowest BCUT2D eigenvalue weighted by molar-refractivity contribution is -0.116. The molecule has 2 N–H and O–H groups in total. The summed E-state index contributed by atoms with van der Waals surface area (Å²) in [5, 5.41) is 14.6. The van der Waals surface area contributed by atoms with Gasteiger partial charge in [-0.25, -0.2) is 0 Å². The molecule has 0 spiro atoms. The van der Waals surface area contributed by atoms with E-state index in [2.05, 4.69) is 27.8 Å². The van der Waals surface area contributed by atoms with Gasteiger partial charge in [0.05, 0.1) is 12.2 Å². The number of hydrogen-bond acceptors (Lipinski definition) is 5. The van der Waals surface area contributed by atoms with E-state index in [0.717, 1.165) is 28.9 Å². The van der Waals surface area contributed by atoms with Crippen LogP contribution in [0.25, 0.3) is 0 Å². The third kappa shape index (κ3) is 5.70. The van der Waals surface area contributed by atoms with Gasteiger partial charge in [0.25, 0.3) is 0 Å². The summed E-state index contributed by atoms with van der Waals surface area (Å²) in [4.78, 5) is 24.6. The van der Waals surface area contributed by atoms with E-state index in [0.29, 0.717) is 11.0 Å². The molecular weight excluding hydrogens is 398 g/mol. The molecule has 1 aromatic heterocycles. The van der Waals surface area contributed by atoms with Crippen LogP contribution in [0.1, 0.15) is 23.9 Å². The number of anilines is 2. The van der Waals surface area contributed by atoms with Gasteiger partial charge in [0.1, 0.15) is 5.82 Å². The Balaban J connectivity index is 1.54. The Morgan fingerprint density at radius 2 is 1.73 bits per heavy atom. The topological polar surface area (TPSA) is 88.9 Å². The van der Waals surface area contributed by atoms with Crippen LogP contribution >= 0.6 is 11.8 Å². The van der Waals surface area contributed by atoms with Gasteiger partial charge in [-0.05, 0) is 37.1 Å². The predicted molar refractivity (Wildman–Crippen MR) is 120 cm³/mol. The van der Waals surface area contributed by atoms with Gasteiger partial charge >= 0.3 is 0 Å². The number of aromatic nitrogens is 3. The van der Waals surface area contributed by atoms with Gasteiger partial charge in [-0.15, -0.1) is 10.2 Å². The molecule has 0 fully saturated rings. The minimum atomic E-state index is -0.167. The van der Waals surface area contributed by atoms with Crippen molar-refractivity contribution in [1.29, 1.82) is 0 Å². The van der Waals surface area contributed by atoms with Crippen LogP contribution in [0.5, 0.6) is 0 Å². The number of aryl methyl sites for hydroxylation is 2. The van der Waals surface area contributed by atoms with Crippen molar-refractivity contribution < 1.29 is 9.59 Å². The summed E-state index contributed by atoms with van der Waals surface area (Å²) < 4.78 is 1.74. The maximum Gasteiger partial charge on any atom is 0.234 e. The summed E-state index contributed by atoms with van der Waals surface area (Å²) >= 11 is 1.29. The minimum Gasteiger partial charge on any atom is -0.326 e. The number of amides is 2. The van der Waals surface area contributed by atoms with Crippen LogP contribution in [0.15, 0.2) is 53.7 Å². The second kappa shape index (κ2) is 10.1. The van der Waals surface area contributed by atoms with Crippen LogP contribution in [-0.4, -0.2) is 32.3 Å². The predicted octanol–water partition coefficient (Wildman–Crippen LogP) is 3.60. The first kappa shape index (κ1) is 21.6. The first-order valence-electron chi connectivity index (χ1n) is 9.71. The van der Waals surface area contributed by atoms with Crippen LogP contribution in [0.4, 0.5) is 11.4 Å². The van der Waals surface area contributed by atoms with E-state index >= 15 is 0 Å². The molecule has 7 nitrogen and oxygen atoms in total. The summed E-state index contributed by atoms with van der Waals surface area (Å²) in [6.45, 7) is 4.04. The van der Waals surface area contributed by atoms with Crippen LogP contribution in [-0.2, 0) is 29.5 Å². The highest BCUT2D eigenvalue weighted by Gasteiger charge is 2.15. The molecule has 0 atom stereocenters. The van der Waals surface area contributed by atoms with Crippen molar-refractivity contribution in [3.05, 3.63) is 65.5 Å². The lowest BCUT2D eigenvalue weighted by Crippen LogP contribution is -2.17. The van der Waals surface area contributed by atoms with Crippen molar-refractivity contribution in [2.75, 3.05) is 16.4 Å². The molecule has 0 saturated carbocycles. The number of benzene rings is 2. The zero-order valence-corrected chi connectivity index (χ0v) is 18.1. The van der Waals surface area contributed by atoms with Gasteiger partial charge in [0.2, 0.25) is 11.8 Å². The number of para-hydroxylation sites is 1. The Morgan fingerprint density at radius 1 is 1.00 bits per heavy atom. The first-order valence-corrected chi connectivity index (χ1v) is 10.7. The summed E-state index contributed by atoms with van der Waals surface area (Å²) in [6.07, 6.45) is 0.953. The second-order valence-electron chi connectivity index (χ2n) is 6.90. The maximum atomic E-state index is 12.3. The Labute approximate surface area is 180 Å². The number of rotatable bonds is 8. The van der Waals surface area contributed by atoms with Crippen molar-refractivity contribution in [2.24, 2.45) is 7.05 Å². The average molecular weight is 424 g/mol. The molecule has 3 aromatic rings. The fourth-order valence-electron chi connectivity index (χ4n) is 2.88.